The molecule has 3 aromatic rings. The van der Waals surface area contributed by atoms with Gasteiger partial charge in [-0.05, 0) is 74.6 Å². The van der Waals surface area contributed by atoms with Crippen molar-refractivity contribution in [3.05, 3.63) is 94.0 Å². The van der Waals surface area contributed by atoms with E-state index in [4.69, 9.17) is 0 Å². The van der Waals surface area contributed by atoms with Crippen molar-refractivity contribution in [1.29, 1.82) is 0 Å². The summed E-state index contributed by atoms with van der Waals surface area (Å²) in [5.41, 5.74) is 4.71. The number of sulfonamides is 1. The summed E-state index contributed by atoms with van der Waals surface area (Å²) >= 11 is 0. The van der Waals surface area contributed by atoms with Crippen molar-refractivity contribution in [3.8, 4) is 0 Å². The Kier molecular flexibility index (Phi) is 6.51. The highest BCUT2D eigenvalue weighted by molar-refractivity contribution is 7.92. The maximum absolute atomic E-state index is 13.3. The van der Waals surface area contributed by atoms with Crippen LogP contribution >= 0.6 is 0 Å². The third-order valence-electron chi connectivity index (χ3n) is 5.63. The zero-order valence-electron chi connectivity index (χ0n) is 18.5. The van der Waals surface area contributed by atoms with Gasteiger partial charge < -0.3 is 5.32 Å². The van der Waals surface area contributed by atoms with Crippen LogP contribution in [0.15, 0.2) is 65.6 Å². The zero-order chi connectivity index (χ0) is 22.8. The van der Waals surface area contributed by atoms with Gasteiger partial charge in [0.25, 0.3) is 15.9 Å². The first-order valence-corrected chi connectivity index (χ1v) is 11.6. The number of rotatable bonds is 6. The molecular weight excluding hydrogens is 408 g/mol. The van der Waals surface area contributed by atoms with E-state index in [2.05, 4.69) is 10.0 Å². The maximum atomic E-state index is 13.3. The Labute approximate surface area is 184 Å². The summed E-state index contributed by atoms with van der Waals surface area (Å²) in [5, 5.41) is 2.95. The van der Waals surface area contributed by atoms with Crippen molar-refractivity contribution in [2.24, 2.45) is 0 Å². The van der Waals surface area contributed by atoms with Crippen molar-refractivity contribution in [2.75, 3.05) is 4.72 Å². The summed E-state index contributed by atoms with van der Waals surface area (Å²) in [7, 11) is -3.89. The number of nitrogens with one attached hydrogen (secondary N) is 2. The normalized spacial score (nSPS) is 12.3. The summed E-state index contributed by atoms with van der Waals surface area (Å²) in [5.74, 6) is -0.344. The number of carbonyl (C=O) groups excluding carboxylic acids is 1. The van der Waals surface area contributed by atoms with Gasteiger partial charge in [0.05, 0.1) is 22.2 Å². The smallest absolute Gasteiger partial charge is 0.262 e. The molecule has 31 heavy (non-hydrogen) atoms. The lowest BCUT2D eigenvalue weighted by Gasteiger charge is -2.19. The van der Waals surface area contributed by atoms with Gasteiger partial charge in [-0.2, -0.15) is 0 Å². The third-order valence-corrected chi connectivity index (χ3v) is 7.27. The van der Waals surface area contributed by atoms with Gasteiger partial charge in [-0.15, -0.1) is 0 Å². The number of anilines is 1. The molecular formula is C25H28N2O3S. The molecule has 0 fully saturated rings. The van der Waals surface area contributed by atoms with Crippen molar-refractivity contribution >= 4 is 21.6 Å². The number of carbonyl (C=O) groups is 1. The Morgan fingerprint density at radius 3 is 2.00 bits per heavy atom. The molecule has 5 nitrogen and oxygen atoms in total. The fourth-order valence-electron chi connectivity index (χ4n) is 3.65. The summed E-state index contributed by atoms with van der Waals surface area (Å²) in [6.45, 7) is 9.29. The SMILES string of the molecule is Cc1cc(C)c(C)c(S(=O)(=O)Nc2ccccc2C(=O)NC(C)c2ccccc2)c1C. The van der Waals surface area contributed by atoms with Crippen LogP contribution in [0.4, 0.5) is 5.69 Å². The number of benzene rings is 3. The van der Waals surface area contributed by atoms with E-state index in [0.29, 0.717) is 11.1 Å². The monoisotopic (exact) mass is 436 g/mol. The largest absolute Gasteiger partial charge is 0.345 e. The highest BCUT2D eigenvalue weighted by atomic mass is 32.2. The van der Waals surface area contributed by atoms with Crippen molar-refractivity contribution < 1.29 is 13.2 Å². The fraction of sp³-hybridized carbons (Fsp3) is 0.240. The second-order valence-corrected chi connectivity index (χ2v) is 9.47. The third kappa shape index (κ3) is 4.80. The van der Waals surface area contributed by atoms with E-state index in [9.17, 15) is 13.2 Å². The van der Waals surface area contributed by atoms with Gasteiger partial charge in [-0.1, -0.05) is 48.5 Å². The minimum Gasteiger partial charge on any atom is -0.345 e. The topological polar surface area (TPSA) is 75.3 Å². The summed E-state index contributed by atoms with van der Waals surface area (Å²) in [6, 6.07) is 18.0. The van der Waals surface area contributed by atoms with Crippen LogP contribution in [0.2, 0.25) is 0 Å². The first-order chi connectivity index (χ1) is 14.6. The van der Waals surface area contributed by atoms with Gasteiger partial charge in [0.15, 0.2) is 0 Å². The van der Waals surface area contributed by atoms with Crippen LogP contribution in [-0.2, 0) is 10.0 Å². The van der Waals surface area contributed by atoms with Crippen LogP contribution in [0, 0.1) is 27.7 Å². The molecule has 0 heterocycles. The quantitative estimate of drug-likeness (QED) is 0.557. The fourth-order valence-corrected chi connectivity index (χ4v) is 5.35. The predicted octanol–water partition coefficient (Wildman–Crippen LogP) is 5.21. The van der Waals surface area contributed by atoms with Crippen LogP contribution in [0.25, 0.3) is 0 Å². The molecule has 0 aliphatic rings. The molecule has 1 unspecified atom stereocenters. The van der Waals surface area contributed by atoms with E-state index in [1.165, 1.54) is 0 Å². The molecule has 0 aromatic heterocycles. The van der Waals surface area contributed by atoms with Crippen LogP contribution in [0.1, 0.15) is 51.1 Å². The molecule has 162 valence electrons. The summed E-state index contributed by atoms with van der Waals surface area (Å²) < 4.78 is 29.3. The molecule has 0 aliphatic heterocycles. The Bertz CT molecular complexity index is 1190. The molecule has 0 saturated carbocycles. The summed E-state index contributed by atoms with van der Waals surface area (Å²) in [4.78, 5) is 13.2. The molecule has 3 rings (SSSR count). The lowest BCUT2D eigenvalue weighted by atomic mass is 10.0. The Morgan fingerprint density at radius 2 is 1.39 bits per heavy atom. The summed E-state index contributed by atoms with van der Waals surface area (Å²) in [6.07, 6.45) is 0. The van der Waals surface area contributed by atoms with Gasteiger partial charge in [0.2, 0.25) is 0 Å². The van der Waals surface area contributed by atoms with Crippen molar-refractivity contribution in [3.63, 3.8) is 0 Å². The second-order valence-electron chi connectivity index (χ2n) is 7.85. The molecule has 0 aliphatic carbocycles. The number of amides is 1. The predicted molar refractivity (Wildman–Crippen MR) is 125 cm³/mol. The first-order valence-electron chi connectivity index (χ1n) is 10.2. The van der Waals surface area contributed by atoms with E-state index >= 15 is 0 Å². The number of para-hydroxylation sites is 1. The first kappa shape index (κ1) is 22.6. The van der Waals surface area contributed by atoms with Gasteiger partial charge in [0, 0.05) is 0 Å². The lowest BCUT2D eigenvalue weighted by Crippen LogP contribution is -2.28. The van der Waals surface area contributed by atoms with Gasteiger partial charge in [0.1, 0.15) is 0 Å². The lowest BCUT2D eigenvalue weighted by molar-refractivity contribution is 0.0941. The molecule has 0 saturated heterocycles. The van der Waals surface area contributed by atoms with Gasteiger partial charge in [-0.3, -0.25) is 9.52 Å². The van der Waals surface area contributed by atoms with Crippen LogP contribution in [0.5, 0.6) is 0 Å². The zero-order valence-corrected chi connectivity index (χ0v) is 19.3. The van der Waals surface area contributed by atoms with E-state index in [0.717, 1.165) is 16.7 Å². The van der Waals surface area contributed by atoms with Crippen LogP contribution in [-0.4, -0.2) is 14.3 Å². The van der Waals surface area contributed by atoms with E-state index in [-0.39, 0.29) is 28.1 Å². The molecule has 0 bridgehead atoms. The average Bonchev–Trinajstić information content (AvgIpc) is 2.73. The highest BCUT2D eigenvalue weighted by Gasteiger charge is 2.24. The second kappa shape index (κ2) is 8.94. The van der Waals surface area contributed by atoms with E-state index in [1.807, 2.05) is 57.2 Å². The van der Waals surface area contributed by atoms with E-state index in [1.54, 1.807) is 38.1 Å². The molecule has 2 N–H and O–H groups in total. The molecule has 3 aromatic carbocycles. The maximum Gasteiger partial charge on any atom is 0.262 e. The Hall–Kier alpha value is -3.12. The van der Waals surface area contributed by atoms with Crippen molar-refractivity contribution in [1.82, 2.24) is 5.32 Å². The van der Waals surface area contributed by atoms with E-state index < -0.39 is 10.0 Å². The highest BCUT2D eigenvalue weighted by Crippen LogP contribution is 2.29. The minimum atomic E-state index is -3.89. The van der Waals surface area contributed by atoms with Gasteiger partial charge >= 0.3 is 0 Å². The number of aryl methyl sites for hydroxylation is 2. The Morgan fingerprint density at radius 1 is 0.839 bits per heavy atom. The molecule has 1 atom stereocenters. The Balaban J connectivity index is 1.93. The average molecular weight is 437 g/mol. The van der Waals surface area contributed by atoms with Crippen molar-refractivity contribution in [2.45, 2.75) is 45.6 Å². The number of hydrogen-bond acceptors (Lipinski definition) is 3. The van der Waals surface area contributed by atoms with Crippen LogP contribution in [0.3, 0.4) is 0 Å². The standard InChI is InChI=1S/C25H28N2O3S/c1-16-15-17(2)19(4)24(18(16)3)31(29,30)27-23-14-10-9-13-22(23)25(28)26-20(5)21-11-7-6-8-12-21/h6-15,20,27H,1-5H3,(H,26,28). The number of hydrogen-bond donors (Lipinski definition) is 2. The molecule has 1 amide bonds. The minimum absolute atomic E-state index is 0.220. The molecule has 6 heteroatoms. The molecule has 0 spiro atoms. The molecule has 0 radical (unpaired) electrons. The van der Waals surface area contributed by atoms with Gasteiger partial charge in [-0.25, -0.2) is 8.42 Å². The van der Waals surface area contributed by atoms with Crippen LogP contribution < -0.4 is 10.0 Å².